The van der Waals surface area contributed by atoms with Crippen molar-refractivity contribution in [3.8, 4) is 11.4 Å². The Labute approximate surface area is 225 Å². The molecule has 15 heteroatoms. The summed E-state index contributed by atoms with van der Waals surface area (Å²) < 4.78 is 0. The summed E-state index contributed by atoms with van der Waals surface area (Å²) in [6.45, 7) is 3.07. The van der Waals surface area contributed by atoms with Crippen LogP contribution in [0.2, 0.25) is 0 Å². The Morgan fingerprint density at radius 2 is 2.00 bits per heavy atom. The van der Waals surface area contributed by atoms with Crippen LogP contribution >= 0.6 is 11.3 Å². The number of carbonyl (C=O) groups excluding carboxylic acids is 1. The normalized spacial score (nSPS) is 15.6. The third-order valence-electron chi connectivity index (χ3n) is 6.69. The van der Waals surface area contributed by atoms with E-state index >= 15 is 0 Å². The second kappa shape index (κ2) is 9.99. The van der Waals surface area contributed by atoms with Crippen LogP contribution in [0.15, 0.2) is 24.3 Å². The zero-order valence-corrected chi connectivity index (χ0v) is 21.6. The average molecular weight is 549 g/mol. The molecule has 4 N–H and O–H groups in total. The van der Waals surface area contributed by atoms with E-state index in [1.165, 1.54) is 0 Å². The van der Waals surface area contributed by atoms with Crippen LogP contribution in [-0.4, -0.2) is 76.9 Å². The number of carboxylic acid groups (broad SMARTS) is 1. The van der Waals surface area contributed by atoms with E-state index in [1.807, 2.05) is 24.3 Å². The van der Waals surface area contributed by atoms with Crippen LogP contribution < -0.4 is 15.1 Å². The van der Waals surface area contributed by atoms with Gasteiger partial charge in [0, 0.05) is 24.2 Å². The SMILES string of the molecule is Cc1nc(Nc2nc(N3CCC(O)CC3)c3c(n2)N(Cc2cccc(-c4nn[nH]n4)c2)C(=O)C3)sc1C(=O)O. The number of carboxylic acids is 1. The van der Waals surface area contributed by atoms with Crippen molar-refractivity contribution >= 4 is 45.9 Å². The second-order valence-electron chi connectivity index (χ2n) is 9.35. The van der Waals surface area contributed by atoms with Crippen molar-refractivity contribution in [2.75, 3.05) is 28.2 Å². The summed E-state index contributed by atoms with van der Waals surface area (Å²) in [7, 11) is 0. The lowest BCUT2D eigenvalue weighted by molar-refractivity contribution is -0.117. The van der Waals surface area contributed by atoms with Crippen molar-refractivity contribution in [1.29, 1.82) is 0 Å². The second-order valence-corrected chi connectivity index (χ2v) is 10.3. The number of carbonyl (C=O) groups is 2. The minimum Gasteiger partial charge on any atom is -0.477 e. The van der Waals surface area contributed by atoms with E-state index in [0.717, 1.165) is 28.0 Å². The predicted octanol–water partition coefficient (Wildman–Crippen LogP) is 1.91. The van der Waals surface area contributed by atoms with E-state index in [0.29, 0.717) is 54.2 Å². The number of nitrogens with one attached hydrogen (secondary N) is 2. The minimum absolute atomic E-state index is 0.113. The molecular weight excluding hydrogens is 524 g/mol. The standard InChI is InChI=1S/C24H24N10O4S/c1-12-18(22(37)38)39-24(25-12)28-23-26-20(33-7-5-15(35)6-8-33)16-10-17(36)34(21(16)27-23)11-13-3-2-4-14(9-13)19-29-31-32-30-19/h2-4,9,15,35H,5-8,10-11H2,1H3,(H,37,38)(H,25,26,27,28)(H,29,30,31,32). The molecule has 2 aliphatic heterocycles. The van der Waals surface area contributed by atoms with E-state index in [2.05, 4.69) is 40.8 Å². The van der Waals surface area contributed by atoms with E-state index in [9.17, 15) is 19.8 Å². The molecule has 0 spiro atoms. The largest absolute Gasteiger partial charge is 0.477 e. The number of aliphatic hydroxyl groups is 1. The minimum atomic E-state index is -1.06. The molecule has 39 heavy (non-hydrogen) atoms. The number of amides is 1. The fourth-order valence-corrected chi connectivity index (χ4v) is 5.58. The molecule has 0 bridgehead atoms. The summed E-state index contributed by atoms with van der Waals surface area (Å²) in [4.78, 5) is 42.3. The first-order chi connectivity index (χ1) is 18.9. The number of benzene rings is 1. The Bertz CT molecular complexity index is 1550. The number of rotatable bonds is 7. The number of tetrazole rings is 1. The lowest BCUT2D eigenvalue weighted by atomic mass is 10.1. The van der Waals surface area contributed by atoms with Gasteiger partial charge in [0.25, 0.3) is 0 Å². The van der Waals surface area contributed by atoms with Gasteiger partial charge in [-0.1, -0.05) is 29.5 Å². The van der Waals surface area contributed by atoms with E-state index in [1.54, 1.807) is 11.8 Å². The van der Waals surface area contributed by atoms with Crippen LogP contribution in [0.5, 0.6) is 0 Å². The Kier molecular flexibility index (Phi) is 6.36. The first-order valence-electron chi connectivity index (χ1n) is 12.3. The number of aromatic nitrogens is 7. The van der Waals surface area contributed by atoms with Crippen molar-refractivity contribution in [3.63, 3.8) is 0 Å². The van der Waals surface area contributed by atoms with Crippen LogP contribution in [0.3, 0.4) is 0 Å². The monoisotopic (exact) mass is 548 g/mol. The van der Waals surface area contributed by atoms with Crippen molar-refractivity contribution in [1.82, 2.24) is 35.6 Å². The van der Waals surface area contributed by atoms with Gasteiger partial charge in [-0.25, -0.2) is 9.78 Å². The number of H-pyrrole nitrogens is 1. The number of hydrogen-bond acceptors (Lipinski definition) is 12. The smallest absolute Gasteiger partial charge is 0.347 e. The van der Waals surface area contributed by atoms with Gasteiger partial charge in [0.2, 0.25) is 17.7 Å². The molecule has 1 aromatic carbocycles. The molecule has 0 atom stereocenters. The number of aliphatic hydroxyl groups excluding tert-OH is 1. The molecular formula is C24H24N10O4S. The Hall–Kier alpha value is -4.50. The highest BCUT2D eigenvalue weighted by atomic mass is 32.1. The summed E-state index contributed by atoms with van der Waals surface area (Å²) in [5.74, 6) is 0.597. The zero-order valence-electron chi connectivity index (χ0n) is 20.8. The number of aromatic amines is 1. The molecule has 0 aliphatic carbocycles. The molecule has 14 nitrogen and oxygen atoms in total. The molecule has 3 aromatic heterocycles. The maximum absolute atomic E-state index is 13.3. The summed E-state index contributed by atoms with van der Waals surface area (Å²) >= 11 is 0.993. The molecule has 1 fully saturated rings. The van der Waals surface area contributed by atoms with Gasteiger partial charge in [-0.05, 0) is 36.6 Å². The van der Waals surface area contributed by atoms with Gasteiger partial charge < -0.3 is 15.1 Å². The van der Waals surface area contributed by atoms with Gasteiger partial charge in [-0.2, -0.15) is 15.2 Å². The third-order valence-corrected chi connectivity index (χ3v) is 7.75. The Balaban J connectivity index is 1.36. The molecule has 0 radical (unpaired) electrons. The molecule has 0 saturated carbocycles. The molecule has 200 valence electrons. The maximum atomic E-state index is 13.3. The first-order valence-corrected chi connectivity index (χ1v) is 13.1. The van der Waals surface area contributed by atoms with Gasteiger partial charge in [0.15, 0.2) is 5.13 Å². The molecule has 5 heterocycles. The highest BCUT2D eigenvalue weighted by Crippen LogP contribution is 2.38. The molecule has 0 unspecified atom stereocenters. The number of nitrogens with zero attached hydrogens (tertiary/aromatic N) is 8. The summed E-state index contributed by atoms with van der Waals surface area (Å²) in [6, 6.07) is 7.54. The van der Waals surface area contributed by atoms with Crippen LogP contribution in [-0.2, 0) is 17.8 Å². The molecule has 2 aliphatic rings. The molecule has 6 rings (SSSR count). The lowest BCUT2D eigenvalue weighted by Gasteiger charge is -2.31. The van der Waals surface area contributed by atoms with Gasteiger partial charge in [0.05, 0.1) is 24.8 Å². The fourth-order valence-electron chi connectivity index (χ4n) is 4.78. The van der Waals surface area contributed by atoms with Crippen molar-refractivity contribution in [3.05, 3.63) is 46.0 Å². The van der Waals surface area contributed by atoms with E-state index < -0.39 is 5.97 Å². The van der Waals surface area contributed by atoms with Crippen molar-refractivity contribution in [2.24, 2.45) is 0 Å². The van der Waals surface area contributed by atoms with Gasteiger partial charge >= 0.3 is 5.97 Å². The summed E-state index contributed by atoms with van der Waals surface area (Å²) in [5, 5.41) is 36.9. The fraction of sp³-hybridized carbons (Fsp3) is 0.333. The first kappa shape index (κ1) is 24.8. The number of piperidine rings is 1. The quantitative estimate of drug-likeness (QED) is 0.263. The van der Waals surface area contributed by atoms with Crippen LogP contribution in [0, 0.1) is 6.92 Å². The highest BCUT2D eigenvalue weighted by molar-refractivity contribution is 7.17. The summed E-state index contributed by atoms with van der Waals surface area (Å²) in [5.41, 5.74) is 2.73. The van der Waals surface area contributed by atoms with Crippen molar-refractivity contribution in [2.45, 2.75) is 38.8 Å². The van der Waals surface area contributed by atoms with Crippen LogP contribution in [0.1, 0.15) is 39.3 Å². The van der Waals surface area contributed by atoms with E-state index in [-0.39, 0.29) is 35.8 Å². The zero-order chi connectivity index (χ0) is 27.1. The number of hydrogen-bond donors (Lipinski definition) is 4. The number of thiazole rings is 1. The topological polar surface area (TPSA) is 186 Å². The highest BCUT2D eigenvalue weighted by Gasteiger charge is 2.35. The van der Waals surface area contributed by atoms with Gasteiger partial charge in [0.1, 0.15) is 16.5 Å². The summed E-state index contributed by atoms with van der Waals surface area (Å²) in [6.07, 6.45) is 0.963. The van der Waals surface area contributed by atoms with Crippen LogP contribution in [0.25, 0.3) is 11.4 Å². The number of aryl methyl sites for hydroxylation is 1. The van der Waals surface area contributed by atoms with Crippen LogP contribution in [0.4, 0.5) is 22.7 Å². The Morgan fingerprint density at radius 1 is 1.21 bits per heavy atom. The van der Waals surface area contributed by atoms with Gasteiger partial charge in [-0.3, -0.25) is 15.0 Å². The number of anilines is 4. The number of aromatic carboxylic acids is 1. The predicted molar refractivity (Wildman–Crippen MR) is 141 cm³/mol. The van der Waals surface area contributed by atoms with Crippen molar-refractivity contribution < 1.29 is 19.8 Å². The van der Waals surface area contributed by atoms with E-state index in [4.69, 9.17) is 4.98 Å². The molecule has 1 amide bonds. The maximum Gasteiger partial charge on any atom is 0.347 e. The number of fused-ring (bicyclic) bond motifs is 1. The third kappa shape index (κ3) is 4.88. The lowest BCUT2D eigenvalue weighted by Crippen LogP contribution is -2.37. The Morgan fingerprint density at radius 3 is 2.72 bits per heavy atom. The molecule has 1 saturated heterocycles. The molecule has 4 aromatic rings. The average Bonchev–Trinajstić information content (AvgIpc) is 3.65. The van der Waals surface area contributed by atoms with Gasteiger partial charge in [-0.15, -0.1) is 10.2 Å².